The Bertz CT molecular complexity index is 561. The first-order valence-corrected chi connectivity index (χ1v) is 6.96. The minimum atomic E-state index is 0.589. The summed E-state index contributed by atoms with van der Waals surface area (Å²) in [4.78, 5) is 8.46. The van der Waals surface area contributed by atoms with Crippen molar-refractivity contribution in [1.82, 2.24) is 9.97 Å². The molecule has 0 unspecified atom stereocenters. The molecule has 5 heteroatoms. The van der Waals surface area contributed by atoms with Crippen LogP contribution < -0.4 is 5.32 Å². The van der Waals surface area contributed by atoms with E-state index in [2.05, 4.69) is 21.4 Å². The predicted molar refractivity (Wildman–Crippen MR) is 82.1 cm³/mol. The van der Waals surface area contributed by atoms with Crippen LogP contribution in [-0.4, -0.2) is 30.3 Å². The maximum atomic E-state index is 5.52. The lowest BCUT2D eigenvalue weighted by Gasteiger charge is -2.09. The fraction of sp³-hybridized carbons (Fsp3) is 0.375. The molecule has 1 N–H and O–H groups in total. The lowest BCUT2D eigenvalue weighted by molar-refractivity contribution is 0.0617. The fourth-order valence-corrected chi connectivity index (χ4v) is 1.90. The second-order valence-corrected chi connectivity index (χ2v) is 4.69. The smallest absolute Gasteiger partial charge is 0.125 e. The van der Waals surface area contributed by atoms with Crippen molar-refractivity contribution in [2.45, 2.75) is 20.1 Å². The van der Waals surface area contributed by atoms with E-state index in [1.165, 1.54) is 0 Å². The number of nitrogens with one attached hydrogen (secondary N) is 1. The van der Waals surface area contributed by atoms with Gasteiger partial charge in [0, 0.05) is 19.0 Å². The summed E-state index contributed by atoms with van der Waals surface area (Å²) in [6.07, 6.45) is 1.78. The first-order chi connectivity index (χ1) is 10.3. The molecule has 112 valence electrons. The number of benzene rings is 1. The van der Waals surface area contributed by atoms with Crippen LogP contribution in [0.2, 0.25) is 0 Å². The van der Waals surface area contributed by atoms with Gasteiger partial charge in [0.1, 0.15) is 5.82 Å². The van der Waals surface area contributed by atoms with Crippen molar-refractivity contribution in [2.75, 3.05) is 25.6 Å². The molecule has 0 spiro atoms. The van der Waals surface area contributed by atoms with Crippen LogP contribution in [0.3, 0.4) is 0 Å². The number of rotatable bonds is 8. The molecule has 0 fully saturated rings. The number of aromatic nitrogens is 2. The summed E-state index contributed by atoms with van der Waals surface area (Å²) in [7, 11) is 1.67. The van der Waals surface area contributed by atoms with Gasteiger partial charge in [0.05, 0.1) is 32.1 Å². The van der Waals surface area contributed by atoms with Crippen LogP contribution in [0.1, 0.15) is 17.1 Å². The van der Waals surface area contributed by atoms with Crippen molar-refractivity contribution < 1.29 is 9.47 Å². The first-order valence-electron chi connectivity index (χ1n) is 6.96. The molecule has 0 aliphatic heterocycles. The Kier molecular flexibility index (Phi) is 6.12. The summed E-state index contributed by atoms with van der Waals surface area (Å²) in [5, 5.41) is 3.36. The molecule has 1 aromatic heterocycles. The largest absolute Gasteiger partial charge is 0.382 e. The van der Waals surface area contributed by atoms with E-state index in [4.69, 9.17) is 9.47 Å². The number of methoxy groups -OCH3 is 1. The zero-order chi connectivity index (χ0) is 14.9. The predicted octanol–water partition coefficient (Wildman–Crippen LogP) is 2.56. The molecule has 0 radical (unpaired) electrons. The van der Waals surface area contributed by atoms with Crippen LogP contribution in [0.4, 0.5) is 5.69 Å². The SMILES string of the molecule is COCCOCc1cccc(NCc2ccnc(C)n2)c1. The maximum absolute atomic E-state index is 5.52. The van der Waals surface area contributed by atoms with Crippen molar-refractivity contribution in [1.29, 1.82) is 0 Å². The van der Waals surface area contributed by atoms with Gasteiger partial charge in [-0.2, -0.15) is 0 Å². The Labute approximate surface area is 125 Å². The van der Waals surface area contributed by atoms with Gasteiger partial charge >= 0.3 is 0 Å². The zero-order valence-corrected chi connectivity index (χ0v) is 12.5. The second-order valence-electron chi connectivity index (χ2n) is 4.69. The third kappa shape index (κ3) is 5.49. The van der Waals surface area contributed by atoms with Gasteiger partial charge in [-0.25, -0.2) is 9.97 Å². The molecule has 5 nitrogen and oxygen atoms in total. The average Bonchev–Trinajstić information content (AvgIpc) is 2.50. The summed E-state index contributed by atoms with van der Waals surface area (Å²) >= 11 is 0. The van der Waals surface area contributed by atoms with Crippen LogP contribution in [0.15, 0.2) is 36.5 Å². The number of anilines is 1. The number of hydrogen-bond donors (Lipinski definition) is 1. The Morgan fingerprint density at radius 3 is 2.90 bits per heavy atom. The Morgan fingerprint density at radius 2 is 2.10 bits per heavy atom. The molecule has 1 heterocycles. The lowest BCUT2D eigenvalue weighted by Crippen LogP contribution is -2.04. The molecule has 2 rings (SSSR count). The monoisotopic (exact) mass is 287 g/mol. The van der Waals surface area contributed by atoms with E-state index in [9.17, 15) is 0 Å². The van der Waals surface area contributed by atoms with E-state index in [0.717, 1.165) is 22.8 Å². The third-order valence-electron chi connectivity index (χ3n) is 2.93. The van der Waals surface area contributed by atoms with Crippen LogP contribution in [-0.2, 0) is 22.6 Å². The van der Waals surface area contributed by atoms with Gasteiger partial charge in [-0.05, 0) is 30.7 Å². The first kappa shape index (κ1) is 15.4. The Balaban J connectivity index is 1.86. The minimum Gasteiger partial charge on any atom is -0.382 e. The molecule has 0 aliphatic rings. The van der Waals surface area contributed by atoms with Gasteiger partial charge in [0.25, 0.3) is 0 Å². The highest BCUT2D eigenvalue weighted by molar-refractivity contribution is 5.45. The molecule has 0 aliphatic carbocycles. The summed E-state index contributed by atoms with van der Waals surface area (Å²) in [6.45, 7) is 4.38. The highest BCUT2D eigenvalue weighted by Gasteiger charge is 1.99. The summed E-state index contributed by atoms with van der Waals surface area (Å²) in [5.74, 6) is 0.787. The van der Waals surface area contributed by atoms with Crippen molar-refractivity contribution in [2.24, 2.45) is 0 Å². The normalized spacial score (nSPS) is 10.6. The van der Waals surface area contributed by atoms with Gasteiger partial charge in [-0.1, -0.05) is 12.1 Å². The molecule has 0 saturated carbocycles. The number of hydrogen-bond acceptors (Lipinski definition) is 5. The van der Waals surface area contributed by atoms with Crippen molar-refractivity contribution in [3.63, 3.8) is 0 Å². The standard InChI is InChI=1S/C16H21N3O2/c1-13-17-7-6-16(19-13)11-18-15-5-3-4-14(10-15)12-21-9-8-20-2/h3-7,10,18H,8-9,11-12H2,1-2H3. The summed E-state index contributed by atoms with van der Waals surface area (Å²) in [6, 6.07) is 10.1. The van der Waals surface area contributed by atoms with Gasteiger partial charge in [-0.15, -0.1) is 0 Å². The molecule has 2 aromatic rings. The Morgan fingerprint density at radius 1 is 1.19 bits per heavy atom. The van der Waals surface area contributed by atoms with Crippen LogP contribution in [0, 0.1) is 6.92 Å². The number of nitrogens with zero attached hydrogens (tertiary/aromatic N) is 2. The quantitative estimate of drug-likeness (QED) is 0.756. The number of aryl methyl sites for hydroxylation is 1. The molecule has 0 amide bonds. The second kappa shape index (κ2) is 8.34. The Hall–Kier alpha value is -1.98. The van der Waals surface area contributed by atoms with Gasteiger partial charge in [-0.3, -0.25) is 0 Å². The van der Waals surface area contributed by atoms with Crippen LogP contribution >= 0.6 is 0 Å². The van der Waals surface area contributed by atoms with E-state index in [1.807, 2.05) is 31.2 Å². The van der Waals surface area contributed by atoms with E-state index in [-0.39, 0.29) is 0 Å². The topological polar surface area (TPSA) is 56.3 Å². The van der Waals surface area contributed by atoms with Crippen LogP contribution in [0.25, 0.3) is 0 Å². The summed E-state index contributed by atoms with van der Waals surface area (Å²) in [5.41, 5.74) is 3.17. The molecular formula is C16H21N3O2. The van der Waals surface area contributed by atoms with Gasteiger partial charge < -0.3 is 14.8 Å². The fourth-order valence-electron chi connectivity index (χ4n) is 1.90. The molecule has 0 saturated heterocycles. The molecule has 1 aromatic carbocycles. The van der Waals surface area contributed by atoms with Crippen molar-refractivity contribution in [3.05, 3.63) is 53.6 Å². The summed E-state index contributed by atoms with van der Waals surface area (Å²) < 4.78 is 10.5. The van der Waals surface area contributed by atoms with E-state index in [1.54, 1.807) is 13.3 Å². The highest BCUT2D eigenvalue weighted by atomic mass is 16.5. The minimum absolute atomic E-state index is 0.589. The third-order valence-corrected chi connectivity index (χ3v) is 2.93. The van der Waals surface area contributed by atoms with Crippen molar-refractivity contribution >= 4 is 5.69 Å². The molecular weight excluding hydrogens is 266 g/mol. The lowest BCUT2D eigenvalue weighted by atomic mass is 10.2. The molecule has 0 bridgehead atoms. The molecule has 0 atom stereocenters. The zero-order valence-electron chi connectivity index (χ0n) is 12.5. The van der Waals surface area contributed by atoms with Gasteiger partial charge in [0.2, 0.25) is 0 Å². The van der Waals surface area contributed by atoms with E-state index < -0.39 is 0 Å². The van der Waals surface area contributed by atoms with E-state index >= 15 is 0 Å². The average molecular weight is 287 g/mol. The van der Waals surface area contributed by atoms with E-state index in [0.29, 0.717) is 26.4 Å². The number of ether oxygens (including phenoxy) is 2. The van der Waals surface area contributed by atoms with Crippen molar-refractivity contribution in [3.8, 4) is 0 Å². The maximum Gasteiger partial charge on any atom is 0.125 e. The highest BCUT2D eigenvalue weighted by Crippen LogP contribution is 2.12. The van der Waals surface area contributed by atoms with Gasteiger partial charge in [0.15, 0.2) is 0 Å². The molecule has 21 heavy (non-hydrogen) atoms. The van der Waals surface area contributed by atoms with Crippen LogP contribution in [0.5, 0.6) is 0 Å².